The van der Waals surface area contributed by atoms with Crippen LogP contribution in [-0.2, 0) is 0 Å². The van der Waals surface area contributed by atoms with Gasteiger partial charge in [0.2, 0.25) is 0 Å². The highest BCUT2D eigenvalue weighted by Crippen LogP contribution is 2.40. The van der Waals surface area contributed by atoms with Crippen LogP contribution < -0.4 is 0 Å². The molecule has 0 spiro atoms. The molecule has 26 heavy (non-hydrogen) atoms. The Morgan fingerprint density at radius 3 is 2.58 bits per heavy atom. The molecule has 2 heterocycles. The quantitative estimate of drug-likeness (QED) is 0.360. The Hall–Kier alpha value is -3.39. The third-order valence-electron chi connectivity index (χ3n) is 4.36. The summed E-state index contributed by atoms with van der Waals surface area (Å²) in [4.78, 5) is 4.39. The Bertz CT molecular complexity index is 1560. The van der Waals surface area contributed by atoms with Crippen molar-refractivity contribution in [1.82, 2.24) is 4.98 Å². The zero-order chi connectivity index (χ0) is 24.4. The first-order valence-electron chi connectivity index (χ1n) is 12.1. The van der Waals surface area contributed by atoms with Gasteiger partial charge in [-0.15, -0.1) is 0 Å². The van der Waals surface area contributed by atoms with E-state index in [1.54, 1.807) is 18.3 Å². The van der Waals surface area contributed by atoms with Crippen LogP contribution in [0.25, 0.3) is 44.3 Å². The van der Waals surface area contributed by atoms with E-state index < -0.39 is 37.1 Å². The summed E-state index contributed by atoms with van der Waals surface area (Å²) in [6.07, 6.45) is 1.65. The average molecular weight is 343 g/mol. The lowest BCUT2D eigenvalue weighted by Crippen LogP contribution is -1.83. The minimum absolute atomic E-state index is 0.0299. The van der Waals surface area contributed by atoms with Crippen LogP contribution in [0.5, 0.6) is 0 Å². The summed E-state index contributed by atoms with van der Waals surface area (Å²) >= 11 is 0. The van der Waals surface area contributed by atoms with Crippen molar-refractivity contribution in [1.29, 1.82) is 0 Å². The predicted octanol–water partition coefficient (Wildman–Crippen LogP) is 6.62. The standard InChI is InChI=1S/C24H17NO/c1-16-13-14-19-18-10-7-11-20(21-12-5-6-15-25-21)23(18)26-24(19)22(16)17-8-3-2-4-9-17/h2-15H,1H3/i1D3,2D,3D,4D,8D,9D. The second-order valence-corrected chi connectivity index (χ2v) is 5.86. The number of aryl methyl sites for hydroxylation is 1. The second-order valence-electron chi connectivity index (χ2n) is 5.86. The van der Waals surface area contributed by atoms with Gasteiger partial charge in [-0.25, -0.2) is 0 Å². The van der Waals surface area contributed by atoms with Gasteiger partial charge < -0.3 is 4.42 Å². The summed E-state index contributed by atoms with van der Waals surface area (Å²) in [7, 11) is 0. The lowest BCUT2D eigenvalue weighted by Gasteiger charge is -2.06. The summed E-state index contributed by atoms with van der Waals surface area (Å²) in [5.41, 5.74) is 1.57. The molecule has 3 aromatic carbocycles. The van der Waals surface area contributed by atoms with Gasteiger partial charge in [-0.05, 0) is 36.2 Å². The van der Waals surface area contributed by atoms with Crippen LogP contribution in [0.4, 0.5) is 0 Å². The summed E-state index contributed by atoms with van der Waals surface area (Å²) < 4.78 is 71.4. The van der Waals surface area contributed by atoms with Crippen LogP contribution in [0.1, 0.15) is 16.5 Å². The maximum atomic E-state index is 8.45. The molecule has 0 saturated heterocycles. The largest absolute Gasteiger partial charge is 0.455 e. The van der Waals surface area contributed by atoms with Gasteiger partial charge in [0.15, 0.2) is 0 Å². The molecule has 0 aliphatic rings. The van der Waals surface area contributed by atoms with E-state index in [1.807, 2.05) is 30.3 Å². The van der Waals surface area contributed by atoms with E-state index in [0.717, 1.165) is 0 Å². The number of fused-ring (bicyclic) bond motifs is 3. The molecule has 0 aliphatic carbocycles. The molecule has 0 amide bonds. The molecule has 0 bridgehead atoms. The van der Waals surface area contributed by atoms with Gasteiger partial charge in [0, 0.05) is 32.2 Å². The third-order valence-corrected chi connectivity index (χ3v) is 4.36. The van der Waals surface area contributed by atoms with Gasteiger partial charge in [-0.1, -0.05) is 60.5 Å². The van der Waals surface area contributed by atoms with Crippen molar-refractivity contribution in [3.63, 3.8) is 0 Å². The first-order valence-corrected chi connectivity index (χ1v) is 8.08. The molecular formula is C24H17NO. The van der Waals surface area contributed by atoms with E-state index in [2.05, 4.69) is 4.98 Å². The SMILES string of the molecule is [2H]c1c([2H])c([2H])c(-c2c(C([2H])([2H])[2H])ccc3c2oc2c(-c4ccccn4)cccc23)c([2H])c1[2H]. The normalized spacial score (nSPS) is 16.2. The molecule has 124 valence electrons. The van der Waals surface area contributed by atoms with Gasteiger partial charge in [0.25, 0.3) is 0 Å². The molecular weight excluding hydrogens is 318 g/mol. The number of hydrogen-bond donors (Lipinski definition) is 0. The number of hydrogen-bond acceptors (Lipinski definition) is 2. The topological polar surface area (TPSA) is 26.0 Å². The minimum atomic E-state index is -2.62. The Morgan fingerprint density at radius 1 is 0.885 bits per heavy atom. The van der Waals surface area contributed by atoms with E-state index >= 15 is 0 Å². The molecule has 0 saturated carbocycles. The molecule has 2 nitrogen and oxygen atoms in total. The minimum Gasteiger partial charge on any atom is -0.455 e. The smallest absolute Gasteiger partial charge is 0.144 e. The van der Waals surface area contributed by atoms with Crippen LogP contribution in [0, 0.1) is 6.85 Å². The van der Waals surface area contributed by atoms with Crippen LogP contribution >= 0.6 is 0 Å². The molecule has 5 rings (SSSR count). The molecule has 0 fully saturated rings. The first-order chi connectivity index (χ1) is 16.1. The summed E-state index contributed by atoms with van der Waals surface area (Å²) in [5, 5.41) is 1.27. The summed E-state index contributed by atoms with van der Waals surface area (Å²) in [6.45, 7) is -2.62. The maximum absolute atomic E-state index is 8.45. The summed E-state index contributed by atoms with van der Waals surface area (Å²) in [5.74, 6) is 0. The molecule has 0 unspecified atom stereocenters. The number of furan rings is 1. The lowest BCUT2D eigenvalue weighted by atomic mass is 9.97. The number of pyridine rings is 1. The van der Waals surface area contributed by atoms with E-state index in [4.69, 9.17) is 15.4 Å². The molecule has 0 radical (unpaired) electrons. The highest BCUT2D eigenvalue weighted by Gasteiger charge is 2.17. The van der Waals surface area contributed by atoms with E-state index in [-0.39, 0.29) is 22.3 Å². The fourth-order valence-corrected chi connectivity index (χ4v) is 3.21. The van der Waals surface area contributed by atoms with Crippen molar-refractivity contribution >= 4 is 21.9 Å². The fourth-order valence-electron chi connectivity index (χ4n) is 3.21. The Morgan fingerprint density at radius 2 is 1.77 bits per heavy atom. The zero-order valence-electron chi connectivity index (χ0n) is 21.6. The van der Waals surface area contributed by atoms with E-state index in [1.165, 1.54) is 6.07 Å². The second kappa shape index (κ2) is 5.85. The van der Waals surface area contributed by atoms with Gasteiger partial charge >= 0.3 is 0 Å². The van der Waals surface area contributed by atoms with Gasteiger partial charge in [-0.2, -0.15) is 0 Å². The molecule has 0 N–H and O–H groups in total. The molecule has 0 atom stereocenters. The number of nitrogens with zero attached hydrogens (tertiary/aromatic N) is 1. The molecule has 0 aliphatic heterocycles. The summed E-state index contributed by atoms with van der Waals surface area (Å²) in [6, 6.07) is 11.4. The monoisotopic (exact) mass is 343 g/mol. The third kappa shape index (κ3) is 2.23. The fraction of sp³-hybridized carbons (Fsp3) is 0.0417. The Kier molecular flexibility index (Phi) is 1.98. The maximum Gasteiger partial charge on any atom is 0.144 e. The molecule has 5 aromatic rings. The Labute approximate surface area is 163 Å². The van der Waals surface area contributed by atoms with Crippen LogP contribution in [-0.4, -0.2) is 4.98 Å². The number of rotatable bonds is 2. The van der Waals surface area contributed by atoms with Gasteiger partial charge in [0.1, 0.15) is 11.2 Å². The van der Waals surface area contributed by atoms with Gasteiger partial charge in [0.05, 0.1) is 12.5 Å². The first kappa shape index (κ1) is 8.81. The number of benzene rings is 3. The van der Waals surface area contributed by atoms with E-state index in [0.29, 0.717) is 27.6 Å². The van der Waals surface area contributed by atoms with Crippen molar-refractivity contribution in [2.75, 3.05) is 0 Å². The number of para-hydroxylation sites is 1. The number of aromatic nitrogens is 1. The van der Waals surface area contributed by atoms with E-state index in [9.17, 15) is 0 Å². The van der Waals surface area contributed by atoms with Crippen molar-refractivity contribution in [2.45, 2.75) is 6.85 Å². The lowest BCUT2D eigenvalue weighted by molar-refractivity contribution is 0.670. The van der Waals surface area contributed by atoms with Crippen LogP contribution in [0.2, 0.25) is 0 Å². The molecule has 2 heteroatoms. The van der Waals surface area contributed by atoms with Crippen LogP contribution in [0.3, 0.4) is 0 Å². The van der Waals surface area contributed by atoms with Crippen molar-refractivity contribution in [2.24, 2.45) is 0 Å². The van der Waals surface area contributed by atoms with Crippen molar-refractivity contribution in [3.8, 4) is 22.4 Å². The highest BCUT2D eigenvalue weighted by atomic mass is 16.3. The predicted molar refractivity (Wildman–Crippen MR) is 107 cm³/mol. The average Bonchev–Trinajstić information content (AvgIpc) is 3.21. The van der Waals surface area contributed by atoms with Crippen molar-refractivity contribution in [3.05, 3.63) is 90.5 Å². The van der Waals surface area contributed by atoms with Gasteiger partial charge in [-0.3, -0.25) is 4.98 Å². The van der Waals surface area contributed by atoms with Crippen LogP contribution in [0.15, 0.2) is 89.4 Å². The highest BCUT2D eigenvalue weighted by molar-refractivity contribution is 6.13. The molecule has 2 aromatic heterocycles. The Balaban J connectivity index is 1.97. The zero-order valence-corrected chi connectivity index (χ0v) is 13.6. The van der Waals surface area contributed by atoms with Crippen molar-refractivity contribution < 1.29 is 15.4 Å².